The van der Waals surface area contributed by atoms with E-state index in [-0.39, 0.29) is 0 Å². The van der Waals surface area contributed by atoms with Crippen LogP contribution < -0.4 is 0 Å². The van der Waals surface area contributed by atoms with Gasteiger partial charge in [0, 0.05) is 0 Å². The molecule has 0 aromatic heterocycles. The van der Waals surface area contributed by atoms with Gasteiger partial charge in [-0.1, -0.05) is 58.0 Å². The van der Waals surface area contributed by atoms with E-state index < -0.39 is 25.6 Å². The van der Waals surface area contributed by atoms with E-state index in [1.54, 1.807) is 0 Å². The van der Waals surface area contributed by atoms with Crippen molar-refractivity contribution in [2.45, 2.75) is 4.33 Å². The van der Waals surface area contributed by atoms with E-state index in [9.17, 15) is 9.59 Å². The van der Waals surface area contributed by atoms with Crippen LogP contribution in [-0.2, 0) is 14.3 Å². The standard InChI is InChI=1S/C6H3Cl5O3/c1-14-5(13)6(10,11)3(12)2(7)4(8)9/h1H3. The molecule has 0 saturated heterocycles. The quantitative estimate of drug-likeness (QED) is 0.348. The third kappa shape index (κ3) is 3.17. The first-order valence-corrected chi connectivity index (χ1v) is 4.86. The van der Waals surface area contributed by atoms with Gasteiger partial charge in [0.05, 0.1) is 7.11 Å². The largest absolute Gasteiger partial charge is 0.466 e. The number of alkyl halides is 2. The Bertz CT molecular complexity index is 292. The molecule has 0 radical (unpaired) electrons. The number of esters is 1. The van der Waals surface area contributed by atoms with Gasteiger partial charge in [-0.15, -0.1) is 0 Å². The monoisotopic (exact) mass is 298 g/mol. The minimum Gasteiger partial charge on any atom is -0.466 e. The summed E-state index contributed by atoms with van der Waals surface area (Å²) in [7, 11) is 1.01. The van der Waals surface area contributed by atoms with Crippen molar-refractivity contribution in [2.75, 3.05) is 7.11 Å². The molecule has 0 atom stereocenters. The Hall–Kier alpha value is 0.330. The van der Waals surface area contributed by atoms with Crippen molar-refractivity contribution in [3.63, 3.8) is 0 Å². The number of carbonyl (C=O) groups is 2. The molecule has 0 rings (SSSR count). The smallest absolute Gasteiger partial charge is 0.350 e. The third-order valence-electron chi connectivity index (χ3n) is 1.09. The zero-order chi connectivity index (χ0) is 11.5. The van der Waals surface area contributed by atoms with Crippen LogP contribution in [0.15, 0.2) is 9.52 Å². The number of carbonyl (C=O) groups excluding carboxylic acids is 2. The Labute approximate surface area is 105 Å². The lowest BCUT2D eigenvalue weighted by molar-refractivity contribution is -0.143. The van der Waals surface area contributed by atoms with E-state index in [2.05, 4.69) is 4.74 Å². The van der Waals surface area contributed by atoms with E-state index in [4.69, 9.17) is 58.0 Å². The summed E-state index contributed by atoms with van der Waals surface area (Å²) in [5.74, 6) is -2.31. The first kappa shape index (κ1) is 14.3. The molecule has 0 heterocycles. The Balaban J connectivity index is 5.05. The van der Waals surface area contributed by atoms with Gasteiger partial charge in [0.25, 0.3) is 4.33 Å². The Morgan fingerprint density at radius 3 is 1.86 bits per heavy atom. The summed E-state index contributed by atoms with van der Waals surface area (Å²) in [6, 6.07) is 0. The maximum Gasteiger partial charge on any atom is 0.350 e. The van der Waals surface area contributed by atoms with Crippen molar-refractivity contribution in [3.8, 4) is 0 Å². The van der Waals surface area contributed by atoms with Crippen LogP contribution >= 0.6 is 58.0 Å². The summed E-state index contributed by atoms with van der Waals surface area (Å²) >= 11 is 26.5. The molecule has 3 nitrogen and oxygen atoms in total. The predicted molar refractivity (Wildman–Crippen MR) is 56.0 cm³/mol. The minimum atomic E-state index is -2.44. The number of rotatable bonds is 3. The first-order chi connectivity index (χ1) is 6.25. The molecule has 0 spiro atoms. The highest BCUT2D eigenvalue weighted by atomic mass is 35.5. The summed E-state index contributed by atoms with van der Waals surface area (Å²) < 4.78 is 1.20. The zero-order valence-electron chi connectivity index (χ0n) is 6.61. The van der Waals surface area contributed by atoms with E-state index in [0.29, 0.717) is 0 Å². The molecule has 0 aromatic carbocycles. The van der Waals surface area contributed by atoms with Crippen molar-refractivity contribution in [1.82, 2.24) is 0 Å². The Kier molecular flexibility index (Phi) is 5.55. The van der Waals surface area contributed by atoms with Crippen LogP contribution in [0, 0.1) is 0 Å². The number of Topliss-reactive ketones (excluding diaryl/α,β-unsaturated/α-hetero) is 1. The Morgan fingerprint density at radius 2 is 1.57 bits per heavy atom. The normalized spacial score (nSPS) is 10.7. The molecule has 80 valence electrons. The van der Waals surface area contributed by atoms with Crippen LogP contribution in [-0.4, -0.2) is 23.2 Å². The molecule has 0 N–H and O–H groups in total. The van der Waals surface area contributed by atoms with Crippen LogP contribution in [0.5, 0.6) is 0 Å². The van der Waals surface area contributed by atoms with Gasteiger partial charge in [0.15, 0.2) is 0 Å². The highest BCUT2D eigenvalue weighted by Gasteiger charge is 2.45. The van der Waals surface area contributed by atoms with E-state index in [0.717, 1.165) is 7.11 Å². The van der Waals surface area contributed by atoms with E-state index in [1.165, 1.54) is 0 Å². The fraction of sp³-hybridized carbons (Fsp3) is 0.333. The van der Waals surface area contributed by atoms with E-state index >= 15 is 0 Å². The molecule has 0 aliphatic rings. The van der Waals surface area contributed by atoms with Gasteiger partial charge in [0.2, 0.25) is 5.78 Å². The van der Waals surface area contributed by atoms with Crippen LogP contribution in [0.4, 0.5) is 0 Å². The fourth-order valence-corrected chi connectivity index (χ4v) is 1.20. The van der Waals surface area contributed by atoms with Crippen LogP contribution in [0.3, 0.4) is 0 Å². The average Bonchev–Trinajstić information content (AvgIpc) is 2.13. The molecular weight excluding hydrogens is 297 g/mol. The van der Waals surface area contributed by atoms with Crippen molar-refractivity contribution >= 4 is 69.8 Å². The van der Waals surface area contributed by atoms with Gasteiger partial charge < -0.3 is 4.74 Å². The lowest BCUT2D eigenvalue weighted by atomic mass is 10.2. The molecule has 0 unspecified atom stereocenters. The third-order valence-corrected chi connectivity index (χ3v) is 2.68. The second kappa shape index (κ2) is 5.42. The SMILES string of the molecule is COC(=O)C(Cl)(Cl)C(=O)C(Cl)=C(Cl)Cl. The predicted octanol–water partition coefficient (Wildman–Crippen LogP) is 2.79. The van der Waals surface area contributed by atoms with Gasteiger partial charge in [-0.05, 0) is 0 Å². The average molecular weight is 300 g/mol. The second-order valence-electron chi connectivity index (χ2n) is 1.97. The zero-order valence-corrected chi connectivity index (χ0v) is 10.4. The molecule has 0 aromatic rings. The lowest BCUT2D eigenvalue weighted by Gasteiger charge is -2.14. The van der Waals surface area contributed by atoms with Crippen molar-refractivity contribution in [2.24, 2.45) is 0 Å². The summed E-state index contributed by atoms with van der Waals surface area (Å²) in [6.07, 6.45) is 0. The van der Waals surface area contributed by atoms with Gasteiger partial charge in [-0.3, -0.25) is 4.79 Å². The molecule has 14 heavy (non-hydrogen) atoms. The highest BCUT2D eigenvalue weighted by Crippen LogP contribution is 2.31. The first-order valence-electron chi connectivity index (χ1n) is 2.97. The Morgan fingerprint density at radius 1 is 1.14 bits per heavy atom. The topological polar surface area (TPSA) is 43.4 Å². The molecule has 0 fully saturated rings. The van der Waals surface area contributed by atoms with Gasteiger partial charge in [-0.25, -0.2) is 4.79 Å². The number of ketones is 1. The van der Waals surface area contributed by atoms with Gasteiger partial charge >= 0.3 is 5.97 Å². The minimum absolute atomic E-state index is 0.536. The molecule has 0 aliphatic carbocycles. The molecular formula is C6H3Cl5O3. The lowest BCUT2D eigenvalue weighted by Crippen LogP contribution is -2.36. The molecule has 0 amide bonds. The molecule has 0 aliphatic heterocycles. The number of hydrogen-bond donors (Lipinski definition) is 0. The van der Waals surface area contributed by atoms with Crippen LogP contribution in [0.25, 0.3) is 0 Å². The highest BCUT2D eigenvalue weighted by molar-refractivity contribution is 6.73. The van der Waals surface area contributed by atoms with Crippen LogP contribution in [0.1, 0.15) is 0 Å². The molecule has 0 saturated carbocycles. The van der Waals surface area contributed by atoms with E-state index in [1.807, 2.05) is 0 Å². The second-order valence-corrected chi connectivity index (χ2v) is 4.62. The maximum atomic E-state index is 11.3. The maximum absolute atomic E-state index is 11.3. The summed E-state index contributed by atoms with van der Waals surface area (Å²) in [5.41, 5.74) is 0. The summed E-state index contributed by atoms with van der Waals surface area (Å²) in [4.78, 5) is 22.2. The van der Waals surface area contributed by atoms with Gasteiger partial charge in [0.1, 0.15) is 9.52 Å². The summed E-state index contributed by atoms with van der Waals surface area (Å²) in [5, 5.41) is -0.635. The fourth-order valence-electron chi connectivity index (χ4n) is 0.445. The number of methoxy groups -OCH3 is 1. The van der Waals surface area contributed by atoms with Gasteiger partial charge in [-0.2, -0.15) is 0 Å². The molecule has 8 heteroatoms. The number of ether oxygens (including phenoxy) is 1. The number of hydrogen-bond acceptors (Lipinski definition) is 3. The van der Waals surface area contributed by atoms with Crippen LogP contribution in [0.2, 0.25) is 0 Å². The van der Waals surface area contributed by atoms with Crippen molar-refractivity contribution in [3.05, 3.63) is 9.52 Å². The summed E-state index contributed by atoms with van der Waals surface area (Å²) in [6.45, 7) is 0. The molecule has 0 bridgehead atoms. The number of allylic oxidation sites excluding steroid dienone is 1. The van der Waals surface area contributed by atoms with Crippen molar-refractivity contribution in [1.29, 1.82) is 0 Å². The number of halogens is 5. The van der Waals surface area contributed by atoms with Crippen molar-refractivity contribution < 1.29 is 14.3 Å².